The number of hydrogen-bond donors (Lipinski definition) is 1. The first-order valence-corrected chi connectivity index (χ1v) is 6.36. The van der Waals surface area contributed by atoms with E-state index in [2.05, 4.69) is 9.97 Å². The Balaban J connectivity index is 2.00. The summed E-state index contributed by atoms with van der Waals surface area (Å²) in [7, 11) is 0. The molecule has 4 heteroatoms. The summed E-state index contributed by atoms with van der Waals surface area (Å²) < 4.78 is 0. The minimum atomic E-state index is -0.894. The molecule has 2 fully saturated rings. The van der Waals surface area contributed by atoms with Crippen LogP contribution < -0.4 is 0 Å². The van der Waals surface area contributed by atoms with Gasteiger partial charge in [-0.05, 0) is 25.7 Å². The van der Waals surface area contributed by atoms with Gasteiger partial charge in [-0.3, -0.25) is 0 Å². The maximum absolute atomic E-state index is 11.2. The van der Waals surface area contributed by atoms with Gasteiger partial charge < -0.3 is 5.11 Å². The van der Waals surface area contributed by atoms with Crippen LogP contribution in [-0.4, -0.2) is 21.0 Å². The van der Waals surface area contributed by atoms with Crippen LogP contribution >= 0.6 is 0 Å². The molecule has 2 aliphatic carbocycles. The van der Waals surface area contributed by atoms with Crippen molar-refractivity contribution in [3.8, 4) is 0 Å². The van der Waals surface area contributed by atoms with Gasteiger partial charge in [0.25, 0.3) is 0 Å². The highest BCUT2D eigenvalue weighted by Gasteiger charge is 2.30. The predicted molar refractivity (Wildman–Crippen MR) is 62.2 cm³/mol. The SMILES string of the molecule is O=C(O)c1cnc(C2CC2)nc1C1CCCC1. The lowest BCUT2D eigenvalue weighted by Crippen LogP contribution is -2.11. The fraction of sp³-hybridized carbons (Fsp3) is 0.615. The topological polar surface area (TPSA) is 63.1 Å². The standard InChI is InChI=1S/C13H16N2O2/c16-13(17)10-7-14-12(9-5-6-9)15-11(10)8-3-1-2-4-8/h7-9H,1-6H2,(H,16,17). The van der Waals surface area contributed by atoms with E-state index in [1.54, 1.807) is 0 Å². The van der Waals surface area contributed by atoms with E-state index in [9.17, 15) is 9.90 Å². The van der Waals surface area contributed by atoms with E-state index >= 15 is 0 Å². The first-order chi connectivity index (χ1) is 8.25. The number of rotatable bonds is 3. The lowest BCUT2D eigenvalue weighted by atomic mass is 9.99. The lowest BCUT2D eigenvalue weighted by Gasteiger charge is -2.12. The highest BCUT2D eigenvalue weighted by atomic mass is 16.4. The fourth-order valence-electron chi connectivity index (χ4n) is 2.62. The average Bonchev–Trinajstić information content (AvgIpc) is 3.04. The van der Waals surface area contributed by atoms with E-state index in [0.717, 1.165) is 37.2 Å². The Morgan fingerprint density at radius 3 is 2.47 bits per heavy atom. The van der Waals surface area contributed by atoms with Crippen molar-refractivity contribution in [2.75, 3.05) is 0 Å². The molecule has 0 spiro atoms. The minimum Gasteiger partial charge on any atom is -0.478 e. The summed E-state index contributed by atoms with van der Waals surface area (Å²) >= 11 is 0. The van der Waals surface area contributed by atoms with Gasteiger partial charge in [-0.15, -0.1) is 0 Å². The Hall–Kier alpha value is -1.45. The zero-order valence-electron chi connectivity index (χ0n) is 9.72. The zero-order chi connectivity index (χ0) is 11.8. The van der Waals surface area contributed by atoms with Gasteiger partial charge in [0.2, 0.25) is 0 Å². The Morgan fingerprint density at radius 1 is 1.18 bits per heavy atom. The summed E-state index contributed by atoms with van der Waals surface area (Å²) in [6.07, 6.45) is 8.32. The molecule has 1 aromatic rings. The van der Waals surface area contributed by atoms with Gasteiger partial charge in [0.05, 0.1) is 11.3 Å². The summed E-state index contributed by atoms with van der Waals surface area (Å²) in [5.74, 6) is 0.783. The summed E-state index contributed by atoms with van der Waals surface area (Å²) in [5.41, 5.74) is 1.09. The maximum atomic E-state index is 11.2. The van der Waals surface area contributed by atoms with Crippen LogP contribution in [0.2, 0.25) is 0 Å². The molecule has 0 amide bonds. The Labute approximate surface area is 100 Å². The molecule has 0 unspecified atom stereocenters. The van der Waals surface area contributed by atoms with Crippen LogP contribution in [0.4, 0.5) is 0 Å². The molecule has 3 rings (SSSR count). The molecule has 90 valence electrons. The second-order valence-electron chi connectivity index (χ2n) is 5.09. The Morgan fingerprint density at radius 2 is 1.88 bits per heavy atom. The quantitative estimate of drug-likeness (QED) is 0.870. The Bertz CT molecular complexity index is 449. The molecule has 0 radical (unpaired) electrons. The molecule has 2 aliphatic rings. The van der Waals surface area contributed by atoms with Crippen molar-refractivity contribution >= 4 is 5.97 Å². The van der Waals surface area contributed by atoms with Crippen molar-refractivity contribution in [2.45, 2.75) is 50.4 Å². The van der Waals surface area contributed by atoms with Gasteiger partial charge in [-0.1, -0.05) is 12.8 Å². The fourth-order valence-corrected chi connectivity index (χ4v) is 2.62. The van der Waals surface area contributed by atoms with Gasteiger partial charge in [-0.2, -0.15) is 0 Å². The van der Waals surface area contributed by atoms with Gasteiger partial charge in [-0.25, -0.2) is 14.8 Å². The number of hydrogen-bond acceptors (Lipinski definition) is 3. The molecule has 1 heterocycles. The third-order valence-corrected chi connectivity index (χ3v) is 3.75. The van der Waals surface area contributed by atoms with Crippen LogP contribution in [0.1, 0.15) is 72.2 Å². The molecule has 4 nitrogen and oxygen atoms in total. The van der Waals surface area contributed by atoms with E-state index < -0.39 is 5.97 Å². The van der Waals surface area contributed by atoms with E-state index in [1.165, 1.54) is 19.0 Å². The van der Waals surface area contributed by atoms with Crippen LogP contribution in [-0.2, 0) is 0 Å². The molecule has 17 heavy (non-hydrogen) atoms. The maximum Gasteiger partial charge on any atom is 0.339 e. The van der Waals surface area contributed by atoms with E-state index in [0.29, 0.717) is 17.4 Å². The van der Waals surface area contributed by atoms with E-state index in [4.69, 9.17) is 0 Å². The minimum absolute atomic E-state index is 0.307. The third-order valence-electron chi connectivity index (χ3n) is 3.75. The van der Waals surface area contributed by atoms with Gasteiger partial charge >= 0.3 is 5.97 Å². The average molecular weight is 232 g/mol. The molecule has 0 saturated heterocycles. The second kappa shape index (κ2) is 4.09. The van der Waals surface area contributed by atoms with Crippen LogP contribution in [0.3, 0.4) is 0 Å². The molecular formula is C13H16N2O2. The molecule has 1 N–H and O–H groups in total. The molecule has 0 aromatic carbocycles. The summed E-state index contributed by atoms with van der Waals surface area (Å²) in [4.78, 5) is 19.9. The molecule has 2 saturated carbocycles. The molecular weight excluding hydrogens is 216 g/mol. The number of aromatic carboxylic acids is 1. The van der Waals surface area contributed by atoms with Crippen LogP contribution in [0, 0.1) is 0 Å². The summed E-state index contributed by atoms with van der Waals surface area (Å²) in [5, 5.41) is 9.19. The second-order valence-corrected chi connectivity index (χ2v) is 5.09. The monoisotopic (exact) mass is 232 g/mol. The van der Waals surface area contributed by atoms with Gasteiger partial charge in [0.15, 0.2) is 0 Å². The normalized spacial score (nSPS) is 20.7. The first kappa shape index (κ1) is 10.7. The van der Waals surface area contributed by atoms with Crippen LogP contribution in [0.15, 0.2) is 6.20 Å². The largest absolute Gasteiger partial charge is 0.478 e. The summed E-state index contributed by atoms with van der Waals surface area (Å²) in [6.45, 7) is 0. The van der Waals surface area contributed by atoms with Crippen molar-refractivity contribution in [3.63, 3.8) is 0 Å². The van der Waals surface area contributed by atoms with Crippen molar-refractivity contribution in [2.24, 2.45) is 0 Å². The lowest BCUT2D eigenvalue weighted by molar-refractivity contribution is 0.0694. The molecule has 0 bridgehead atoms. The smallest absolute Gasteiger partial charge is 0.339 e. The zero-order valence-corrected chi connectivity index (χ0v) is 9.72. The van der Waals surface area contributed by atoms with Crippen molar-refractivity contribution in [1.29, 1.82) is 0 Å². The number of nitrogens with zero attached hydrogens (tertiary/aromatic N) is 2. The van der Waals surface area contributed by atoms with Crippen LogP contribution in [0.25, 0.3) is 0 Å². The molecule has 0 atom stereocenters. The predicted octanol–water partition coefficient (Wildman–Crippen LogP) is 2.71. The van der Waals surface area contributed by atoms with Crippen LogP contribution in [0.5, 0.6) is 0 Å². The highest BCUT2D eigenvalue weighted by molar-refractivity contribution is 5.88. The van der Waals surface area contributed by atoms with Crippen molar-refractivity contribution in [1.82, 2.24) is 9.97 Å². The Kier molecular flexibility index (Phi) is 2.57. The number of aromatic nitrogens is 2. The van der Waals surface area contributed by atoms with E-state index in [-0.39, 0.29) is 0 Å². The molecule has 1 aromatic heterocycles. The van der Waals surface area contributed by atoms with Crippen molar-refractivity contribution < 1.29 is 9.90 Å². The van der Waals surface area contributed by atoms with Gasteiger partial charge in [0, 0.05) is 18.0 Å². The molecule has 0 aliphatic heterocycles. The summed E-state index contributed by atoms with van der Waals surface area (Å²) in [6, 6.07) is 0. The highest BCUT2D eigenvalue weighted by Crippen LogP contribution is 2.40. The number of carboxylic acids is 1. The first-order valence-electron chi connectivity index (χ1n) is 6.36. The number of carboxylic acid groups (broad SMARTS) is 1. The van der Waals surface area contributed by atoms with Crippen molar-refractivity contribution in [3.05, 3.63) is 23.3 Å². The van der Waals surface area contributed by atoms with Gasteiger partial charge in [0.1, 0.15) is 5.82 Å². The number of carbonyl (C=O) groups is 1. The third kappa shape index (κ3) is 2.04. The van der Waals surface area contributed by atoms with E-state index in [1.807, 2.05) is 0 Å².